The lowest BCUT2D eigenvalue weighted by Gasteiger charge is -2.26. The van der Waals surface area contributed by atoms with Crippen LogP contribution in [0.2, 0.25) is 0 Å². The van der Waals surface area contributed by atoms with Gasteiger partial charge < -0.3 is 15.2 Å². The lowest BCUT2D eigenvalue weighted by Crippen LogP contribution is -2.44. The quantitative estimate of drug-likeness (QED) is 0.426. The number of nitriles is 1. The molecule has 2 aromatic carbocycles. The third-order valence-electron chi connectivity index (χ3n) is 5.85. The predicted octanol–water partition coefficient (Wildman–Crippen LogP) is 4.14. The number of hydrogen-bond donors (Lipinski definition) is 2. The van der Waals surface area contributed by atoms with Crippen molar-refractivity contribution < 1.29 is 18.8 Å². The number of halogens is 1. The Kier molecular flexibility index (Phi) is 6.68. The summed E-state index contributed by atoms with van der Waals surface area (Å²) >= 11 is 0. The molecular weight excluding hydrogens is 435 g/mol. The van der Waals surface area contributed by atoms with Crippen LogP contribution in [0, 0.1) is 31.0 Å². The smallest absolute Gasteiger partial charge is 0.293 e. The van der Waals surface area contributed by atoms with Crippen molar-refractivity contribution in [2.75, 3.05) is 5.32 Å². The maximum absolute atomic E-state index is 13.6. The van der Waals surface area contributed by atoms with Gasteiger partial charge in [0.2, 0.25) is 0 Å². The van der Waals surface area contributed by atoms with Crippen LogP contribution in [0.15, 0.2) is 48.5 Å². The zero-order chi connectivity index (χ0) is 25.2. The minimum absolute atomic E-state index is 0.144. The SMILES string of the molecule is Cc1c(C(=O)C(=O)NC(C)(C)c2ccccc2)c(C)n(C)c1C(=O)Nc1ccc(F)c(C#N)c1. The number of aromatic nitrogens is 1. The van der Waals surface area contributed by atoms with Crippen molar-refractivity contribution in [1.29, 1.82) is 5.26 Å². The molecule has 2 N–H and O–H groups in total. The Labute approximate surface area is 197 Å². The third kappa shape index (κ3) is 4.59. The molecule has 0 atom stereocenters. The Morgan fingerprint density at radius 2 is 1.71 bits per heavy atom. The zero-order valence-electron chi connectivity index (χ0n) is 19.6. The van der Waals surface area contributed by atoms with Crippen LogP contribution in [-0.2, 0) is 17.4 Å². The Bertz CT molecular complexity index is 1330. The summed E-state index contributed by atoms with van der Waals surface area (Å²) in [5, 5.41) is 14.4. The minimum atomic E-state index is -0.786. The summed E-state index contributed by atoms with van der Waals surface area (Å²) < 4.78 is 15.1. The van der Waals surface area contributed by atoms with Gasteiger partial charge in [-0.2, -0.15) is 5.26 Å². The first-order valence-electron chi connectivity index (χ1n) is 10.6. The van der Waals surface area contributed by atoms with Gasteiger partial charge in [-0.05, 0) is 57.0 Å². The van der Waals surface area contributed by atoms with Crippen molar-refractivity contribution >= 4 is 23.3 Å². The number of nitrogens with zero attached hydrogens (tertiary/aromatic N) is 2. The number of Topliss-reactive ketones (excluding diaryl/α,β-unsaturated/α-hetero) is 1. The first kappa shape index (κ1) is 24.4. The molecule has 0 radical (unpaired) electrons. The van der Waals surface area contributed by atoms with Crippen molar-refractivity contribution in [1.82, 2.24) is 9.88 Å². The number of rotatable bonds is 6. The summed E-state index contributed by atoms with van der Waals surface area (Å²) in [6.45, 7) is 6.85. The van der Waals surface area contributed by atoms with Crippen LogP contribution in [0.4, 0.5) is 10.1 Å². The minimum Gasteiger partial charge on any atom is -0.343 e. The molecule has 0 spiro atoms. The molecular formula is C26H25FN4O3. The maximum Gasteiger partial charge on any atom is 0.293 e. The molecule has 0 unspecified atom stereocenters. The second-order valence-corrected chi connectivity index (χ2v) is 8.53. The highest BCUT2D eigenvalue weighted by Crippen LogP contribution is 2.25. The monoisotopic (exact) mass is 460 g/mol. The van der Waals surface area contributed by atoms with Gasteiger partial charge in [-0.3, -0.25) is 14.4 Å². The maximum atomic E-state index is 13.6. The number of hydrogen-bond acceptors (Lipinski definition) is 4. The highest BCUT2D eigenvalue weighted by molar-refractivity contribution is 6.43. The van der Waals surface area contributed by atoms with E-state index >= 15 is 0 Å². The number of carbonyl (C=O) groups is 3. The number of carbonyl (C=O) groups excluding carboxylic acids is 3. The summed E-state index contributed by atoms with van der Waals surface area (Å²) in [6.07, 6.45) is 0. The van der Waals surface area contributed by atoms with Gasteiger partial charge in [-0.25, -0.2) is 4.39 Å². The largest absolute Gasteiger partial charge is 0.343 e. The average molecular weight is 461 g/mol. The second-order valence-electron chi connectivity index (χ2n) is 8.53. The van der Waals surface area contributed by atoms with Crippen LogP contribution < -0.4 is 10.6 Å². The summed E-state index contributed by atoms with van der Waals surface area (Å²) in [4.78, 5) is 39.0. The van der Waals surface area contributed by atoms with E-state index in [2.05, 4.69) is 10.6 Å². The van der Waals surface area contributed by atoms with Gasteiger partial charge in [-0.1, -0.05) is 30.3 Å². The molecule has 0 aliphatic carbocycles. The highest BCUT2D eigenvalue weighted by Gasteiger charge is 2.32. The molecule has 0 aliphatic heterocycles. The van der Waals surface area contributed by atoms with E-state index in [9.17, 15) is 18.8 Å². The van der Waals surface area contributed by atoms with Gasteiger partial charge in [0, 0.05) is 18.4 Å². The molecule has 34 heavy (non-hydrogen) atoms. The lowest BCUT2D eigenvalue weighted by molar-refractivity contribution is -0.118. The number of nitrogens with one attached hydrogen (secondary N) is 2. The Balaban J connectivity index is 1.88. The number of amides is 2. The van der Waals surface area contributed by atoms with Gasteiger partial charge in [0.15, 0.2) is 0 Å². The molecule has 1 heterocycles. The number of anilines is 1. The van der Waals surface area contributed by atoms with Crippen LogP contribution in [-0.4, -0.2) is 22.2 Å². The molecule has 0 saturated carbocycles. The van der Waals surface area contributed by atoms with Gasteiger partial charge in [0.25, 0.3) is 17.6 Å². The van der Waals surface area contributed by atoms with Crippen molar-refractivity contribution in [3.63, 3.8) is 0 Å². The van der Waals surface area contributed by atoms with E-state index in [-0.39, 0.29) is 22.5 Å². The van der Waals surface area contributed by atoms with Crippen LogP contribution in [0.25, 0.3) is 0 Å². The fourth-order valence-corrected chi connectivity index (χ4v) is 3.89. The third-order valence-corrected chi connectivity index (χ3v) is 5.85. The fraction of sp³-hybridized carbons (Fsp3) is 0.231. The van der Waals surface area contributed by atoms with Crippen LogP contribution >= 0.6 is 0 Å². The van der Waals surface area contributed by atoms with E-state index in [1.54, 1.807) is 40.8 Å². The number of benzene rings is 2. The first-order chi connectivity index (χ1) is 16.0. The van der Waals surface area contributed by atoms with Crippen molar-refractivity contribution in [2.45, 2.75) is 33.2 Å². The predicted molar refractivity (Wildman–Crippen MR) is 126 cm³/mol. The summed E-state index contributed by atoms with van der Waals surface area (Å²) in [7, 11) is 1.62. The molecule has 8 heteroatoms. The summed E-state index contributed by atoms with van der Waals surface area (Å²) in [6, 6.07) is 14.7. The van der Waals surface area contributed by atoms with E-state index in [0.29, 0.717) is 11.3 Å². The highest BCUT2D eigenvalue weighted by atomic mass is 19.1. The van der Waals surface area contributed by atoms with Crippen molar-refractivity contribution in [2.24, 2.45) is 7.05 Å². The van der Waals surface area contributed by atoms with E-state index in [1.165, 1.54) is 16.7 Å². The van der Waals surface area contributed by atoms with Crippen LogP contribution in [0.3, 0.4) is 0 Å². The molecule has 3 aromatic rings. The fourth-order valence-electron chi connectivity index (χ4n) is 3.89. The second kappa shape index (κ2) is 9.32. The standard InChI is InChI=1S/C26H25FN4O3/c1-15-21(23(32)25(34)30-26(3,4)18-9-7-6-8-10-18)16(2)31(5)22(15)24(33)29-19-11-12-20(27)17(13-19)14-28/h6-13H,1-5H3,(H,29,33)(H,30,34). The molecule has 0 aliphatic rings. The zero-order valence-corrected chi connectivity index (χ0v) is 19.6. The lowest BCUT2D eigenvalue weighted by atomic mass is 9.93. The molecule has 174 valence electrons. The molecule has 3 rings (SSSR count). The molecule has 7 nitrogen and oxygen atoms in total. The summed E-state index contributed by atoms with van der Waals surface area (Å²) in [5.41, 5.74) is 1.21. The van der Waals surface area contributed by atoms with E-state index in [1.807, 2.05) is 30.3 Å². The molecule has 2 amide bonds. The van der Waals surface area contributed by atoms with Crippen molar-refractivity contribution in [3.8, 4) is 6.07 Å². The Hall–Kier alpha value is -4.25. The molecule has 1 aromatic heterocycles. The van der Waals surface area contributed by atoms with E-state index < -0.39 is 29.0 Å². The van der Waals surface area contributed by atoms with Gasteiger partial charge in [0.05, 0.1) is 16.7 Å². The van der Waals surface area contributed by atoms with Gasteiger partial charge >= 0.3 is 0 Å². The normalized spacial score (nSPS) is 11.0. The topological polar surface area (TPSA) is 104 Å². The molecule has 0 bridgehead atoms. The molecule has 0 fully saturated rings. The molecule has 0 saturated heterocycles. The van der Waals surface area contributed by atoms with Crippen LogP contribution in [0.5, 0.6) is 0 Å². The summed E-state index contributed by atoms with van der Waals surface area (Å²) in [5.74, 6) is -2.77. The Morgan fingerprint density at radius 3 is 2.32 bits per heavy atom. The Morgan fingerprint density at radius 1 is 1.06 bits per heavy atom. The van der Waals surface area contributed by atoms with E-state index in [4.69, 9.17) is 5.26 Å². The number of ketones is 1. The van der Waals surface area contributed by atoms with E-state index in [0.717, 1.165) is 11.6 Å². The first-order valence-corrected chi connectivity index (χ1v) is 10.6. The van der Waals surface area contributed by atoms with Crippen LogP contribution in [0.1, 0.15) is 57.1 Å². The van der Waals surface area contributed by atoms with Crippen molar-refractivity contribution in [3.05, 3.63) is 88.0 Å². The van der Waals surface area contributed by atoms with Gasteiger partial charge in [0.1, 0.15) is 17.6 Å². The van der Waals surface area contributed by atoms with Gasteiger partial charge in [-0.15, -0.1) is 0 Å². The average Bonchev–Trinajstić information content (AvgIpc) is 3.02.